The van der Waals surface area contributed by atoms with Crippen LogP contribution in [0.15, 0.2) is 23.8 Å². The second kappa shape index (κ2) is 5.60. The molecular formula is C21H28O5. The van der Waals surface area contributed by atoms with Crippen LogP contribution in [-0.2, 0) is 9.59 Å². The van der Waals surface area contributed by atoms with E-state index in [4.69, 9.17) is 0 Å². The molecule has 3 saturated carbocycles. The van der Waals surface area contributed by atoms with E-state index in [1.165, 1.54) is 0 Å². The number of hydrogen-bond donors (Lipinski definition) is 3. The zero-order chi connectivity index (χ0) is 18.9. The fourth-order valence-corrected chi connectivity index (χ4v) is 6.76. The Morgan fingerprint density at radius 1 is 1.19 bits per heavy atom. The summed E-state index contributed by atoms with van der Waals surface area (Å²) in [5.41, 5.74) is -1.89. The van der Waals surface area contributed by atoms with Gasteiger partial charge in [-0.05, 0) is 49.7 Å². The van der Waals surface area contributed by atoms with E-state index in [0.29, 0.717) is 6.42 Å². The van der Waals surface area contributed by atoms with E-state index < -0.39 is 23.7 Å². The minimum Gasteiger partial charge on any atom is -0.393 e. The molecule has 0 spiro atoms. The van der Waals surface area contributed by atoms with Crippen molar-refractivity contribution in [1.82, 2.24) is 0 Å². The zero-order valence-corrected chi connectivity index (χ0v) is 15.4. The van der Waals surface area contributed by atoms with Gasteiger partial charge in [0.15, 0.2) is 17.2 Å². The fraction of sp³-hybridized carbons (Fsp3) is 0.714. The predicted octanol–water partition coefficient (Wildman–Crippen LogP) is 1.56. The van der Waals surface area contributed by atoms with Crippen molar-refractivity contribution in [3.63, 3.8) is 0 Å². The largest absolute Gasteiger partial charge is 0.393 e. The van der Waals surface area contributed by atoms with Gasteiger partial charge in [-0.1, -0.05) is 25.5 Å². The number of ketones is 2. The molecule has 4 aliphatic rings. The highest BCUT2D eigenvalue weighted by Gasteiger charge is 2.66. The van der Waals surface area contributed by atoms with Gasteiger partial charge in [0.25, 0.3) is 0 Å². The highest BCUT2D eigenvalue weighted by atomic mass is 16.3. The molecule has 5 heteroatoms. The van der Waals surface area contributed by atoms with E-state index in [1.54, 1.807) is 12.2 Å². The van der Waals surface area contributed by atoms with E-state index in [-0.39, 0.29) is 47.6 Å². The number of rotatable bonds is 1. The third-order valence-electron chi connectivity index (χ3n) is 8.20. The summed E-state index contributed by atoms with van der Waals surface area (Å²) in [5, 5.41) is 32.1. The van der Waals surface area contributed by atoms with Gasteiger partial charge in [-0.2, -0.15) is 0 Å². The zero-order valence-electron chi connectivity index (χ0n) is 15.4. The Balaban J connectivity index is 1.78. The Morgan fingerprint density at radius 3 is 2.62 bits per heavy atom. The van der Waals surface area contributed by atoms with Crippen LogP contribution in [0.4, 0.5) is 0 Å². The van der Waals surface area contributed by atoms with Crippen LogP contribution in [0, 0.1) is 28.6 Å². The molecule has 0 amide bonds. The van der Waals surface area contributed by atoms with E-state index in [2.05, 4.69) is 6.92 Å². The number of Topliss-reactive ketones (excluding diaryl/α,β-unsaturated/α-hetero) is 1. The third-order valence-corrected chi connectivity index (χ3v) is 8.20. The van der Waals surface area contributed by atoms with Gasteiger partial charge >= 0.3 is 0 Å². The lowest BCUT2D eigenvalue weighted by atomic mass is 9.42. The highest BCUT2D eigenvalue weighted by Crippen LogP contribution is 2.64. The lowest BCUT2D eigenvalue weighted by Gasteiger charge is -2.63. The number of carbonyl (C=O) groups is 2. The quantitative estimate of drug-likeness (QED) is 0.660. The lowest BCUT2D eigenvalue weighted by molar-refractivity contribution is -0.219. The first-order valence-electron chi connectivity index (χ1n) is 9.66. The third kappa shape index (κ3) is 2.08. The molecule has 142 valence electrons. The van der Waals surface area contributed by atoms with Gasteiger partial charge < -0.3 is 15.3 Å². The SMILES string of the molecule is C[C@]12C=CC(=O)C=C1CC[C@@H]1[C@@H]2[C@@H](O)C[C@@]2(C)[C@H]1CCC(=O)C2(O)CO. The summed E-state index contributed by atoms with van der Waals surface area (Å²) < 4.78 is 0. The van der Waals surface area contributed by atoms with Crippen LogP contribution >= 0.6 is 0 Å². The van der Waals surface area contributed by atoms with Crippen molar-refractivity contribution in [1.29, 1.82) is 0 Å². The Hall–Kier alpha value is -1.30. The van der Waals surface area contributed by atoms with Gasteiger partial charge in [-0.3, -0.25) is 9.59 Å². The molecule has 0 aliphatic heterocycles. The van der Waals surface area contributed by atoms with Gasteiger partial charge in [-0.15, -0.1) is 0 Å². The van der Waals surface area contributed by atoms with Gasteiger partial charge in [0.1, 0.15) is 0 Å². The number of allylic oxidation sites excluding steroid dienone is 4. The van der Waals surface area contributed by atoms with Crippen LogP contribution in [0.2, 0.25) is 0 Å². The molecule has 3 N–H and O–H groups in total. The van der Waals surface area contributed by atoms with Gasteiger partial charge in [0, 0.05) is 23.2 Å². The molecule has 0 radical (unpaired) electrons. The summed E-state index contributed by atoms with van der Waals surface area (Å²) in [7, 11) is 0. The van der Waals surface area contributed by atoms with Gasteiger partial charge in [0.05, 0.1) is 12.7 Å². The molecule has 5 nitrogen and oxygen atoms in total. The Kier molecular flexibility index (Phi) is 3.89. The topological polar surface area (TPSA) is 94.8 Å². The normalized spacial score (nSPS) is 50.6. The molecule has 0 heterocycles. The molecule has 4 rings (SSSR count). The molecule has 0 aromatic carbocycles. The minimum atomic E-state index is -1.78. The standard InChI is InChI=1S/C21H28O5/c1-19-8-7-13(23)9-12(19)3-4-14-15-5-6-17(25)21(26,11-22)20(15,2)10-16(24)18(14)19/h7-9,14-16,18,22,24,26H,3-6,10-11H2,1-2H3/t14-,15-,16-,18+,19-,20-,21?/m0/s1. The molecular weight excluding hydrogens is 332 g/mol. The van der Waals surface area contributed by atoms with E-state index in [0.717, 1.165) is 18.4 Å². The maximum atomic E-state index is 12.5. The maximum Gasteiger partial charge on any atom is 0.178 e. The molecule has 0 aromatic heterocycles. The summed E-state index contributed by atoms with van der Waals surface area (Å²) >= 11 is 0. The maximum absolute atomic E-state index is 12.5. The van der Waals surface area contributed by atoms with Crippen LogP contribution < -0.4 is 0 Å². The van der Waals surface area contributed by atoms with E-state index >= 15 is 0 Å². The van der Waals surface area contributed by atoms with Crippen molar-refractivity contribution >= 4 is 11.6 Å². The number of carbonyl (C=O) groups excluding carboxylic acids is 2. The summed E-state index contributed by atoms with van der Waals surface area (Å²) in [6.07, 6.45) is 7.42. The monoisotopic (exact) mass is 360 g/mol. The minimum absolute atomic E-state index is 0.00369. The molecule has 1 unspecified atom stereocenters. The molecule has 26 heavy (non-hydrogen) atoms. The van der Waals surface area contributed by atoms with E-state index in [9.17, 15) is 24.9 Å². The second-order valence-corrected chi connectivity index (χ2v) is 9.19. The first-order chi connectivity index (χ1) is 12.2. The van der Waals surface area contributed by atoms with Crippen molar-refractivity contribution < 1.29 is 24.9 Å². The van der Waals surface area contributed by atoms with Crippen LogP contribution in [-0.4, -0.2) is 45.2 Å². The van der Waals surface area contributed by atoms with Crippen molar-refractivity contribution in [3.8, 4) is 0 Å². The van der Waals surface area contributed by atoms with Gasteiger partial charge in [0.2, 0.25) is 0 Å². The van der Waals surface area contributed by atoms with Gasteiger partial charge in [-0.25, -0.2) is 0 Å². The molecule has 4 aliphatic carbocycles. The highest BCUT2D eigenvalue weighted by molar-refractivity contribution is 6.01. The van der Waals surface area contributed by atoms with Crippen molar-refractivity contribution in [2.75, 3.05) is 6.61 Å². The molecule has 0 saturated heterocycles. The van der Waals surface area contributed by atoms with Crippen LogP contribution in [0.25, 0.3) is 0 Å². The molecule has 7 atom stereocenters. The number of aliphatic hydroxyl groups excluding tert-OH is 2. The number of aliphatic hydroxyl groups is 3. The fourth-order valence-electron chi connectivity index (χ4n) is 6.76. The first kappa shape index (κ1) is 18.1. The molecule has 0 aromatic rings. The Bertz CT molecular complexity index is 724. The van der Waals surface area contributed by atoms with Crippen LogP contribution in [0.3, 0.4) is 0 Å². The summed E-state index contributed by atoms with van der Waals surface area (Å²) in [5.74, 6) is -0.134. The molecule has 3 fully saturated rings. The predicted molar refractivity (Wildman–Crippen MR) is 95.0 cm³/mol. The second-order valence-electron chi connectivity index (χ2n) is 9.19. The van der Waals surface area contributed by atoms with Crippen molar-refractivity contribution in [2.45, 2.75) is 57.7 Å². The lowest BCUT2D eigenvalue weighted by Crippen LogP contribution is -2.68. The van der Waals surface area contributed by atoms with Crippen LogP contribution in [0.5, 0.6) is 0 Å². The summed E-state index contributed by atoms with van der Waals surface area (Å²) in [4.78, 5) is 24.3. The number of hydrogen-bond acceptors (Lipinski definition) is 5. The first-order valence-corrected chi connectivity index (χ1v) is 9.66. The Labute approximate surface area is 153 Å². The van der Waals surface area contributed by atoms with E-state index in [1.807, 2.05) is 13.0 Å². The smallest absolute Gasteiger partial charge is 0.178 e. The summed E-state index contributed by atoms with van der Waals surface area (Å²) in [6, 6.07) is 0. The average molecular weight is 360 g/mol. The van der Waals surface area contributed by atoms with Crippen molar-refractivity contribution in [3.05, 3.63) is 23.8 Å². The summed E-state index contributed by atoms with van der Waals surface area (Å²) in [6.45, 7) is 3.36. The molecule has 0 bridgehead atoms. The van der Waals surface area contributed by atoms with Crippen LogP contribution in [0.1, 0.15) is 46.0 Å². The Morgan fingerprint density at radius 2 is 1.92 bits per heavy atom. The van der Waals surface area contributed by atoms with Crippen molar-refractivity contribution in [2.24, 2.45) is 28.6 Å². The number of fused-ring (bicyclic) bond motifs is 5. The average Bonchev–Trinajstić information content (AvgIpc) is 2.59.